The molecule has 5 aromatic rings. The van der Waals surface area contributed by atoms with Crippen LogP contribution in [0.4, 0.5) is 4.79 Å². The van der Waals surface area contributed by atoms with Crippen LogP contribution in [0, 0.1) is 0 Å². The molecule has 2 fully saturated rings. The summed E-state index contributed by atoms with van der Waals surface area (Å²) >= 11 is 5.91. The highest BCUT2D eigenvalue weighted by Crippen LogP contribution is 2.36. The molecule has 0 radical (unpaired) electrons. The summed E-state index contributed by atoms with van der Waals surface area (Å²) in [4.78, 5) is 46.8. The number of azide groups is 1. The molecule has 0 N–H and O–H groups in total. The number of amides is 1. The topological polar surface area (TPSA) is 186 Å². The molecule has 2 aliphatic rings. The third kappa shape index (κ3) is 15.3. The van der Waals surface area contributed by atoms with Crippen LogP contribution in [-0.2, 0) is 85.3 Å². The summed E-state index contributed by atoms with van der Waals surface area (Å²) < 4.78 is 58.2. The van der Waals surface area contributed by atoms with Crippen LogP contribution >= 0.6 is 11.6 Å². The first kappa shape index (κ1) is 52.5. The van der Waals surface area contributed by atoms with Gasteiger partial charge >= 0.3 is 18.0 Å². The molecule has 0 unspecified atom stereocenters. The molecule has 16 nitrogen and oxygen atoms in total. The second-order valence-corrected chi connectivity index (χ2v) is 18.2. The lowest BCUT2D eigenvalue weighted by atomic mass is 9.92. The maximum atomic E-state index is 15.0. The maximum Gasteiger partial charge on any atom is 0.411 e. The number of benzene rings is 5. The molecular weight excluding hydrogens is 932 g/mol. The Morgan fingerprint density at radius 2 is 1.08 bits per heavy atom. The van der Waals surface area contributed by atoms with Crippen LogP contribution in [0.25, 0.3) is 10.4 Å². The zero-order valence-electron chi connectivity index (χ0n) is 39.9. The number of carbonyl (C=O) groups is 3. The Hall–Kier alpha value is -6.33. The number of ether oxygens (including phenoxy) is 9. The molecule has 17 heteroatoms. The zero-order valence-corrected chi connectivity index (χ0v) is 40.6. The van der Waals surface area contributed by atoms with Crippen molar-refractivity contribution in [3.63, 3.8) is 0 Å². The lowest BCUT2D eigenvalue weighted by Crippen LogP contribution is -2.69. The molecular formula is C54H59ClN4O12. The first-order valence-corrected chi connectivity index (χ1v) is 23.9. The van der Waals surface area contributed by atoms with Gasteiger partial charge in [0.15, 0.2) is 12.3 Å². The van der Waals surface area contributed by atoms with Gasteiger partial charge in [-0.1, -0.05) is 157 Å². The molecule has 0 spiro atoms. The molecule has 9 atom stereocenters. The molecule has 374 valence electrons. The average Bonchev–Trinajstić information content (AvgIpc) is 3.39. The number of alkyl halides is 1. The smallest absolute Gasteiger partial charge is 0.411 e. The minimum Gasteiger partial charge on any atom is -0.462 e. The second kappa shape index (κ2) is 26.2. The molecule has 7 rings (SSSR count). The predicted molar refractivity (Wildman–Crippen MR) is 261 cm³/mol. The molecule has 1 amide bonds. The number of hydrogen-bond acceptors (Lipinski definition) is 13. The Labute approximate surface area is 418 Å². The molecule has 0 aromatic heterocycles. The van der Waals surface area contributed by atoms with Gasteiger partial charge in [-0.25, -0.2) is 9.59 Å². The number of piperidine rings is 1. The molecule has 2 aliphatic heterocycles. The third-order valence-electron chi connectivity index (χ3n) is 11.6. The van der Waals surface area contributed by atoms with Gasteiger partial charge in [0.2, 0.25) is 0 Å². The van der Waals surface area contributed by atoms with Crippen molar-refractivity contribution in [1.82, 2.24) is 4.90 Å². The van der Waals surface area contributed by atoms with Crippen LogP contribution in [0.1, 0.15) is 48.6 Å². The van der Waals surface area contributed by atoms with E-state index in [9.17, 15) is 19.9 Å². The van der Waals surface area contributed by atoms with Gasteiger partial charge in [-0.3, -0.25) is 9.69 Å². The normalized spacial score (nSPS) is 23.2. The van der Waals surface area contributed by atoms with Gasteiger partial charge in [0.25, 0.3) is 0 Å². The Bertz CT molecular complexity index is 2470. The van der Waals surface area contributed by atoms with Crippen molar-refractivity contribution in [3.8, 4) is 0 Å². The monoisotopic (exact) mass is 990 g/mol. The van der Waals surface area contributed by atoms with Crippen molar-refractivity contribution >= 4 is 29.6 Å². The lowest BCUT2D eigenvalue weighted by Gasteiger charge is -2.50. The largest absolute Gasteiger partial charge is 0.462 e. The molecule has 2 saturated heterocycles. The van der Waals surface area contributed by atoms with Crippen LogP contribution in [0.5, 0.6) is 0 Å². The van der Waals surface area contributed by atoms with Crippen LogP contribution in [0.3, 0.4) is 0 Å². The summed E-state index contributed by atoms with van der Waals surface area (Å²) in [6.45, 7) is 4.59. The summed E-state index contributed by atoms with van der Waals surface area (Å²) in [5.74, 6) is -2.03. The van der Waals surface area contributed by atoms with Gasteiger partial charge in [0.05, 0.1) is 33.0 Å². The first-order valence-electron chi connectivity index (χ1n) is 23.4. The summed E-state index contributed by atoms with van der Waals surface area (Å²) in [6.07, 6.45) is -9.42. The van der Waals surface area contributed by atoms with Crippen LogP contribution < -0.4 is 0 Å². The van der Waals surface area contributed by atoms with Gasteiger partial charge < -0.3 is 42.6 Å². The van der Waals surface area contributed by atoms with Crippen molar-refractivity contribution in [2.75, 3.05) is 19.0 Å². The predicted octanol–water partition coefficient (Wildman–Crippen LogP) is 9.26. The number of nitrogens with zero attached hydrogens (tertiary/aromatic N) is 4. The molecule has 0 bridgehead atoms. The minimum absolute atomic E-state index is 0.0244. The van der Waals surface area contributed by atoms with Gasteiger partial charge in [-0.05, 0) is 54.1 Å². The van der Waals surface area contributed by atoms with Crippen LogP contribution in [0.15, 0.2) is 157 Å². The van der Waals surface area contributed by atoms with E-state index in [0.29, 0.717) is 5.56 Å². The van der Waals surface area contributed by atoms with Gasteiger partial charge in [-0.15, -0.1) is 11.6 Å². The van der Waals surface area contributed by atoms with Crippen molar-refractivity contribution in [3.05, 3.63) is 190 Å². The molecule has 71 heavy (non-hydrogen) atoms. The van der Waals surface area contributed by atoms with E-state index in [2.05, 4.69) is 10.0 Å². The minimum atomic E-state index is -1.59. The summed E-state index contributed by atoms with van der Waals surface area (Å²) in [7, 11) is 0. The van der Waals surface area contributed by atoms with Crippen LogP contribution in [-0.4, -0.2) is 103 Å². The number of halogens is 1. The average molecular weight is 992 g/mol. The fourth-order valence-electron chi connectivity index (χ4n) is 8.25. The van der Waals surface area contributed by atoms with Crippen molar-refractivity contribution < 1.29 is 57.0 Å². The highest BCUT2D eigenvalue weighted by atomic mass is 35.5. The number of carbonyl (C=O) groups excluding carboxylic acids is 3. The van der Waals surface area contributed by atoms with E-state index in [1.54, 1.807) is 20.8 Å². The van der Waals surface area contributed by atoms with Gasteiger partial charge in [0, 0.05) is 4.91 Å². The van der Waals surface area contributed by atoms with E-state index in [1.165, 1.54) is 4.90 Å². The molecule has 2 heterocycles. The fraction of sp³-hybridized carbons (Fsp3) is 0.389. The van der Waals surface area contributed by atoms with E-state index < -0.39 is 91.1 Å². The standard InChI is InChI=1S/C54H59ClN4O12/c1-54(2,3)71-51(61)46-50(47(65-32-38-21-11-5-12-22-38)42(63-31-37-19-9-4-10-20-37)30-59(46)53(62)68-35-41-27-17-8-18-28-41)70-52-45(57-58-56)49(67-34-40-25-15-7-16-26-40)48(43(69-52)36-64-44(60)29-55)66-33-39-23-13-6-14-24-39/h4-28,42-43,45-50,52H,29-36H2,1-3H3/t42-,43-,45-,46-,47+,48-,49-,50-,52-/m1/s1. The van der Waals surface area contributed by atoms with E-state index >= 15 is 0 Å². The van der Waals surface area contributed by atoms with Crippen molar-refractivity contribution in [2.24, 2.45) is 5.11 Å². The Morgan fingerprint density at radius 3 is 1.55 bits per heavy atom. The number of esters is 2. The zero-order chi connectivity index (χ0) is 50.0. The highest BCUT2D eigenvalue weighted by molar-refractivity contribution is 6.26. The third-order valence-corrected chi connectivity index (χ3v) is 11.8. The SMILES string of the molecule is CC(C)(C)OC(=O)[C@H]1[C@@H](O[C@H]2O[C@H](COC(=O)CCl)[C@@H](OCc3ccccc3)[C@H](OCc3ccccc3)[C@H]2N=[N+]=[N-])[C@@H](OCc2ccccc2)[C@H](OCc2ccccc2)CN1C(=O)OCc1ccccc1. The summed E-state index contributed by atoms with van der Waals surface area (Å²) in [5, 5.41) is 4.24. The summed E-state index contributed by atoms with van der Waals surface area (Å²) in [5.41, 5.74) is 13.2. The van der Waals surface area contributed by atoms with E-state index in [-0.39, 0.29) is 39.6 Å². The van der Waals surface area contributed by atoms with E-state index in [0.717, 1.165) is 22.3 Å². The van der Waals surface area contributed by atoms with Crippen molar-refractivity contribution in [1.29, 1.82) is 0 Å². The van der Waals surface area contributed by atoms with E-state index in [1.807, 2.05) is 152 Å². The molecule has 0 saturated carbocycles. The Morgan fingerprint density at radius 1 is 0.634 bits per heavy atom. The lowest BCUT2D eigenvalue weighted by molar-refractivity contribution is -0.315. The number of rotatable bonds is 21. The highest BCUT2D eigenvalue weighted by Gasteiger charge is 2.56. The number of likely N-dealkylation sites (tertiary alicyclic amines) is 1. The van der Waals surface area contributed by atoms with Crippen molar-refractivity contribution in [2.45, 2.75) is 114 Å². The molecule has 5 aromatic carbocycles. The van der Waals surface area contributed by atoms with Gasteiger partial charge in [0.1, 0.15) is 67.4 Å². The second-order valence-electron chi connectivity index (χ2n) is 17.9. The van der Waals surface area contributed by atoms with Crippen LogP contribution in [0.2, 0.25) is 0 Å². The van der Waals surface area contributed by atoms with E-state index in [4.69, 9.17) is 54.2 Å². The Kier molecular flexibility index (Phi) is 19.4. The Balaban J connectivity index is 1.34. The fourth-order valence-corrected chi connectivity index (χ4v) is 8.33. The molecule has 0 aliphatic carbocycles. The number of hydrogen-bond donors (Lipinski definition) is 0. The quantitative estimate of drug-likeness (QED) is 0.0170. The summed E-state index contributed by atoms with van der Waals surface area (Å²) in [6, 6.07) is 43.7. The first-order chi connectivity index (χ1) is 34.5. The maximum absolute atomic E-state index is 15.0. The van der Waals surface area contributed by atoms with Gasteiger partial charge in [-0.2, -0.15) is 0 Å².